The molecule has 1 N–H and O–H groups in total. The lowest BCUT2D eigenvalue weighted by molar-refractivity contribution is 0.0689. The van der Waals surface area contributed by atoms with Crippen LogP contribution in [0.3, 0.4) is 0 Å². The van der Waals surface area contributed by atoms with Crippen LogP contribution in [0.1, 0.15) is 46.5 Å². The van der Waals surface area contributed by atoms with Crippen LogP contribution < -0.4 is 0 Å². The summed E-state index contributed by atoms with van der Waals surface area (Å²) in [7, 11) is 0. The molecule has 0 rings (SSSR count). The molecule has 0 saturated carbocycles. The van der Waals surface area contributed by atoms with E-state index in [0.29, 0.717) is 0 Å². The number of allylic oxidation sites excluding steroid dienone is 2. The summed E-state index contributed by atoms with van der Waals surface area (Å²) in [5, 5.41) is 9.43. The van der Waals surface area contributed by atoms with Crippen molar-refractivity contribution in [2.75, 3.05) is 0 Å². The maximum Gasteiger partial charge on any atom is 0.0591 e. The quantitative estimate of drug-likeness (QED) is 0.627. The molecule has 0 fully saturated rings. The Labute approximate surface area is 76.5 Å². The lowest BCUT2D eigenvalue weighted by Gasteiger charge is -2.16. The van der Waals surface area contributed by atoms with Crippen molar-refractivity contribution in [3.05, 3.63) is 18.6 Å². The molecule has 0 heterocycles. The molecule has 0 aromatic heterocycles. The molecule has 0 aliphatic heterocycles. The van der Waals surface area contributed by atoms with Gasteiger partial charge in [-0.15, -0.1) is 0 Å². The van der Waals surface area contributed by atoms with Gasteiger partial charge in [-0.25, -0.2) is 0 Å². The third-order valence-electron chi connectivity index (χ3n) is 1.85. The maximum atomic E-state index is 9.43. The van der Waals surface area contributed by atoms with E-state index in [0.717, 1.165) is 25.7 Å². The summed E-state index contributed by atoms with van der Waals surface area (Å²) < 4.78 is 0. The number of hydrogen-bond acceptors (Lipinski definition) is 1. The normalized spacial score (nSPS) is 13.6. The summed E-state index contributed by atoms with van der Waals surface area (Å²) in [6.07, 6.45) is 6.03. The number of hydrogen-bond donors (Lipinski definition) is 1. The Hall–Kier alpha value is -0.300. The average molecular weight is 169 g/mol. The predicted octanol–water partition coefficient (Wildman–Crippen LogP) is 3.10. The lowest BCUT2D eigenvalue weighted by atomic mass is 9.99. The minimum Gasteiger partial charge on any atom is -0.390 e. The summed E-state index contributed by atoms with van der Waals surface area (Å²) >= 11 is 0. The first kappa shape index (κ1) is 11.7. The molecule has 0 aromatic rings. The molecule has 0 amide bonds. The van der Waals surface area contributed by atoms with Gasteiger partial charge in [-0.2, -0.15) is 0 Å². The minimum atomic E-state index is -0.509. The van der Waals surface area contributed by atoms with Gasteiger partial charge in [-0.3, -0.25) is 0 Å². The van der Waals surface area contributed by atoms with Gasteiger partial charge in [0.2, 0.25) is 0 Å². The van der Waals surface area contributed by atoms with Crippen molar-refractivity contribution in [3.63, 3.8) is 0 Å². The SMILES string of the molecule is [CH2]C/C=C(\C)CCCC(C)(C)O. The molecule has 0 aromatic carbocycles. The van der Waals surface area contributed by atoms with E-state index in [1.54, 1.807) is 0 Å². The molecule has 0 unspecified atom stereocenters. The Morgan fingerprint density at radius 2 is 2.08 bits per heavy atom. The van der Waals surface area contributed by atoms with Crippen molar-refractivity contribution < 1.29 is 5.11 Å². The molecule has 1 heteroatoms. The van der Waals surface area contributed by atoms with Crippen molar-refractivity contribution in [1.29, 1.82) is 0 Å². The van der Waals surface area contributed by atoms with Gasteiger partial charge in [0.15, 0.2) is 0 Å². The van der Waals surface area contributed by atoms with Crippen molar-refractivity contribution in [1.82, 2.24) is 0 Å². The van der Waals surface area contributed by atoms with E-state index in [-0.39, 0.29) is 0 Å². The first-order valence-electron chi connectivity index (χ1n) is 4.63. The molecule has 0 spiro atoms. The molecule has 0 bridgehead atoms. The first-order chi connectivity index (χ1) is 5.45. The minimum absolute atomic E-state index is 0.509. The molecule has 12 heavy (non-hydrogen) atoms. The van der Waals surface area contributed by atoms with E-state index in [1.165, 1.54) is 5.57 Å². The Morgan fingerprint density at radius 1 is 1.50 bits per heavy atom. The summed E-state index contributed by atoms with van der Waals surface area (Å²) in [6, 6.07) is 0. The van der Waals surface area contributed by atoms with Crippen LogP contribution in [0.2, 0.25) is 0 Å². The third-order valence-corrected chi connectivity index (χ3v) is 1.85. The van der Waals surface area contributed by atoms with Gasteiger partial charge >= 0.3 is 0 Å². The summed E-state index contributed by atoms with van der Waals surface area (Å²) in [4.78, 5) is 0. The van der Waals surface area contributed by atoms with Crippen LogP contribution in [-0.4, -0.2) is 10.7 Å². The third kappa shape index (κ3) is 7.80. The van der Waals surface area contributed by atoms with E-state index in [1.807, 2.05) is 13.8 Å². The highest BCUT2D eigenvalue weighted by Gasteiger charge is 2.10. The molecule has 0 saturated heterocycles. The molecule has 1 radical (unpaired) electrons. The second-order valence-electron chi connectivity index (χ2n) is 4.01. The zero-order valence-electron chi connectivity index (χ0n) is 8.56. The van der Waals surface area contributed by atoms with Gasteiger partial charge in [0.1, 0.15) is 0 Å². The van der Waals surface area contributed by atoms with Gasteiger partial charge in [-0.05, 0) is 53.4 Å². The average Bonchev–Trinajstić information content (AvgIpc) is 1.84. The van der Waals surface area contributed by atoms with Crippen molar-refractivity contribution in [3.8, 4) is 0 Å². The standard InChI is InChI=1S/C11H21O/c1-5-7-10(2)8-6-9-11(3,4)12/h7,12H,1,5-6,8-9H2,2-4H3/b10-7+. The summed E-state index contributed by atoms with van der Waals surface area (Å²) in [5.74, 6) is 0. The zero-order chi connectivity index (χ0) is 9.61. The second-order valence-corrected chi connectivity index (χ2v) is 4.01. The largest absolute Gasteiger partial charge is 0.390 e. The molecule has 0 atom stereocenters. The van der Waals surface area contributed by atoms with E-state index in [4.69, 9.17) is 0 Å². The monoisotopic (exact) mass is 169 g/mol. The van der Waals surface area contributed by atoms with Crippen LogP contribution in [0.4, 0.5) is 0 Å². The van der Waals surface area contributed by atoms with Crippen molar-refractivity contribution in [2.24, 2.45) is 0 Å². The topological polar surface area (TPSA) is 20.2 Å². The highest BCUT2D eigenvalue weighted by atomic mass is 16.3. The molecule has 1 nitrogen and oxygen atoms in total. The van der Waals surface area contributed by atoms with Crippen LogP contribution >= 0.6 is 0 Å². The summed E-state index contributed by atoms with van der Waals surface area (Å²) in [6.45, 7) is 9.59. The predicted molar refractivity (Wildman–Crippen MR) is 53.9 cm³/mol. The first-order valence-corrected chi connectivity index (χ1v) is 4.63. The van der Waals surface area contributed by atoms with Gasteiger partial charge in [0.25, 0.3) is 0 Å². The van der Waals surface area contributed by atoms with E-state index in [9.17, 15) is 5.11 Å². The second kappa shape index (κ2) is 5.36. The van der Waals surface area contributed by atoms with Crippen molar-refractivity contribution >= 4 is 0 Å². The van der Waals surface area contributed by atoms with E-state index in [2.05, 4.69) is 19.9 Å². The Morgan fingerprint density at radius 3 is 2.50 bits per heavy atom. The fourth-order valence-electron chi connectivity index (χ4n) is 1.15. The number of aliphatic hydroxyl groups is 1. The van der Waals surface area contributed by atoms with Gasteiger partial charge in [0.05, 0.1) is 5.60 Å². The van der Waals surface area contributed by atoms with Crippen LogP contribution in [0, 0.1) is 6.92 Å². The van der Waals surface area contributed by atoms with Crippen molar-refractivity contribution in [2.45, 2.75) is 52.1 Å². The molecule has 0 aliphatic carbocycles. The lowest BCUT2D eigenvalue weighted by Crippen LogP contribution is -2.17. The number of rotatable bonds is 5. The molecule has 0 aliphatic rings. The fraction of sp³-hybridized carbons (Fsp3) is 0.727. The van der Waals surface area contributed by atoms with Gasteiger partial charge in [-0.1, -0.05) is 11.6 Å². The van der Waals surface area contributed by atoms with Gasteiger partial charge < -0.3 is 5.11 Å². The van der Waals surface area contributed by atoms with Crippen LogP contribution in [-0.2, 0) is 0 Å². The smallest absolute Gasteiger partial charge is 0.0591 e. The van der Waals surface area contributed by atoms with E-state index >= 15 is 0 Å². The molecular weight excluding hydrogens is 148 g/mol. The molecular formula is C11H21O. The van der Waals surface area contributed by atoms with E-state index < -0.39 is 5.60 Å². The Kier molecular flexibility index (Phi) is 5.23. The zero-order valence-corrected chi connectivity index (χ0v) is 8.56. The maximum absolute atomic E-state index is 9.43. The van der Waals surface area contributed by atoms with Gasteiger partial charge in [0, 0.05) is 0 Å². The van der Waals surface area contributed by atoms with Crippen LogP contribution in [0.5, 0.6) is 0 Å². The highest BCUT2D eigenvalue weighted by Crippen LogP contribution is 2.15. The molecule has 71 valence electrons. The Bertz CT molecular complexity index is 140. The van der Waals surface area contributed by atoms with Crippen LogP contribution in [0.25, 0.3) is 0 Å². The highest BCUT2D eigenvalue weighted by molar-refractivity contribution is 4.98. The summed E-state index contributed by atoms with van der Waals surface area (Å²) in [5.41, 5.74) is 0.874. The fourth-order valence-corrected chi connectivity index (χ4v) is 1.15. The van der Waals surface area contributed by atoms with Crippen LogP contribution in [0.15, 0.2) is 11.6 Å². The Balaban J connectivity index is 3.50.